The maximum atomic E-state index is 14.0. The van der Waals surface area contributed by atoms with Crippen LogP contribution in [0.25, 0.3) is 11.1 Å². The standard InChI is InChI=1S/C29H30FN3O4/c1-29(2,27(35)36)19-26(34)22-9-7-20(8-10-22)21-11-13-23(14-12-21)31-28(37)33-17-15-32(16-18-33)25-6-4-3-5-24(25)30/h3-14H,15-19H2,1-2H3,(H,31,37)(H,35,36). The molecule has 0 bridgehead atoms. The summed E-state index contributed by atoms with van der Waals surface area (Å²) >= 11 is 0. The van der Waals surface area contributed by atoms with Gasteiger partial charge in [-0.1, -0.05) is 48.5 Å². The zero-order valence-corrected chi connectivity index (χ0v) is 20.9. The molecular formula is C29H30FN3O4. The molecule has 0 saturated carbocycles. The van der Waals surface area contributed by atoms with Gasteiger partial charge in [0, 0.05) is 43.9 Å². The number of hydrogen-bond donors (Lipinski definition) is 2. The van der Waals surface area contributed by atoms with Gasteiger partial charge in [0.05, 0.1) is 11.1 Å². The first kappa shape index (κ1) is 25.9. The number of benzene rings is 3. The Balaban J connectivity index is 1.32. The van der Waals surface area contributed by atoms with E-state index < -0.39 is 11.4 Å². The summed E-state index contributed by atoms with van der Waals surface area (Å²) in [5, 5.41) is 12.2. The van der Waals surface area contributed by atoms with Crippen molar-refractivity contribution in [1.82, 2.24) is 4.90 Å². The summed E-state index contributed by atoms with van der Waals surface area (Å²) in [6.45, 7) is 5.17. The topological polar surface area (TPSA) is 90.0 Å². The van der Waals surface area contributed by atoms with Crippen LogP contribution in [0.5, 0.6) is 0 Å². The number of carboxylic acids is 1. The lowest BCUT2D eigenvalue weighted by atomic mass is 9.85. The van der Waals surface area contributed by atoms with Crippen molar-refractivity contribution in [3.05, 3.63) is 84.2 Å². The van der Waals surface area contributed by atoms with E-state index in [2.05, 4.69) is 5.32 Å². The van der Waals surface area contributed by atoms with E-state index in [9.17, 15) is 23.9 Å². The van der Waals surface area contributed by atoms with Gasteiger partial charge in [-0.2, -0.15) is 0 Å². The number of Topliss-reactive ketones (excluding diaryl/α,β-unsaturated/α-hetero) is 1. The van der Waals surface area contributed by atoms with E-state index in [0.717, 1.165) is 11.1 Å². The van der Waals surface area contributed by atoms with Gasteiger partial charge in [-0.15, -0.1) is 0 Å². The summed E-state index contributed by atoms with van der Waals surface area (Å²) in [6.07, 6.45) is -0.0751. The Morgan fingerprint density at radius 1 is 0.865 bits per heavy atom. The molecule has 0 radical (unpaired) electrons. The number of urea groups is 1. The molecule has 1 fully saturated rings. The summed E-state index contributed by atoms with van der Waals surface area (Å²) in [7, 11) is 0. The summed E-state index contributed by atoms with van der Waals surface area (Å²) in [5.74, 6) is -1.48. The second kappa shape index (κ2) is 10.8. The van der Waals surface area contributed by atoms with Gasteiger partial charge in [0.25, 0.3) is 0 Å². The first-order valence-corrected chi connectivity index (χ1v) is 12.2. The quantitative estimate of drug-likeness (QED) is 0.414. The third kappa shape index (κ3) is 6.14. The van der Waals surface area contributed by atoms with Crippen molar-refractivity contribution in [1.29, 1.82) is 0 Å². The third-order valence-electron chi connectivity index (χ3n) is 6.62. The molecule has 2 N–H and O–H groups in total. The van der Waals surface area contributed by atoms with E-state index in [0.29, 0.717) is 43.1 Å². The maximum absolute atomic E-state index is 14.0. The van der Waals surface area contributed by atoms with Crippen molar-refractivity contribution < 1.29 is 23.9 Å². The molecule has 0 aliphatic carbocycles. The molecule has 4 rings (SSSR count). The van der Waals surface area contributed by atoms with Crippen LogP contribution in [0.2, 0.25) is 0 Å². The second-order valence-corrected chi connectivity index (χ2v) is 9.80. The van der Waals surface area contributed by atoms with Gasteiger partial charge >= 0.3 is 12.0 Å². The highest BCUT2D eigenvalue weighted by atomic mass is 19.1. The molecule has 37 heavy (non-hydrogen) atoms. The van der Waals surface area contributed by atoms with Crippen LogP contribution in [-0.4, -0.2) is 54.0 Å². The number of piperazine rings is 1. The smallest absolute Gasteiger partial charge is 0.321 e. The molecule has 8 heteroatoms. The Hall–Kier alpha value is -4.20. The summed E-state index contributed by atoms with van der Waals surface area (Å²) < 4.78 is 14.0. The highest BCUT2D eigenvalue weighted by Crippen LogP contribution is 2.26. The summed E-state index contributed by atoms with van der Waals surface area (Å²) in [5.41, 5.74) is 2.38. The van der Waals surface area contributed by atoms with E-state index in [1.807, 2.05) is 41.3 Å². The first-order chi connectivity index (χ1) is 17.6. The lowest BCUT2D eigenvalue weighted by Crippen LogP contribution is -2.50. The van der Waals surface area contributed by atoms with Crippen LogP contribution in [0, 0.1) is 11.2 Å². The van der Waals surface area contributed by atoms with E-state index in [4.69, 9.17) is 0 Å². The fourth-order valence-corrected chi connectivity index (χ4v) is 4.23. The Bertz CT molecular complexity index is 1280. The average molecular weight is 504 g/mol. The van der Waals surface area contributed by atoms with Crippen molar-refractivity contribution in [2.24, 2.45) is 5.41 Å². The molecule has 3 aromatic carbocycles. The Labute approximate surface area is 215 Å². The number of hydrogen-bond acceptors (Lipinski definition) is 4. The van der Waals surface area contributed by atoms with Crippen LogP contribution in [0.15, 0.2) is 72.8 Å². The molecule has 3 aromatic rings. The van der Waals surface area contributed by atoms with Gasteiger partial charge in [0.15, 0.2) is 5.78 Å². The van der Waals surface area contributed by atoms with Gasteiger partial charge < -0.3 is 20.2 Å². The SMILES string of the molecule is CC(C)(CC(=O)c1ccc(-c2ccc(NC(=O)N3CCN(c4ccccc4F)CC3)cc2)cc1)C(=O)O. The van der Waals surface area contributed by atoms with Crippen LogP contribution >= 0.6 is 0 Å². The lowest BCUT2D eigenvalue weighted by molar-refractivity contribution is -0.146. The number of para-hydroxylation sites is 1. The molecule has 1 aliphatic heterocycles. The van der Waals surface area contributed by atoms with Gasteiger partial charge in [-0.3, -0.25) is 9.59 Å². The number of carbonyl (C=O) groups excluding carboxylic acids is 2. The van der Waals surface area contributed by atoms with E-state index in [1.54, 1.807) is 35.2 Å². The minimum atomic E-state index is -1.12. The number of carbonyl (C=O) groups is 3. The molecule has 1 saturated heterocycles. The number of carboxylic acid groups (broad SMARTS) is 1. The van der Waals surface area contributed by atoms with Crippen LogP contribution in [0.1, 0.15) is 30.6 Å². The van der Waals surface area contributed by atoms with Crippen molar-refractivity contribution in [3.63, 3.8) is 0 Å². The van der Waals surface area contributed by atoms with Crippen LogP contribution in [-0.2, 0) is 4.79 Å². The summed E-state index contributed by atoms with van der Waals surface area (Å²) in [6, 6.07) is 20.9. The van der Waals surface area contributed by atoms with Crippen molar-refractivity contribution in [2.75, 3.05) is 36.4 Å². The Morgan fingerprint density at radius 3 is 2.00 bits per heavy atom. The number of amides is 2. The number of aliphatic carboxylic acids is 1. The van der Waals surface area contributed by atoms with Gasteiger partial charge in [0.2, 0.25) is 0 Å². The fraction of sp³-hybridized carbons (Fsp3) is 0.276. The number of nitrogens with zero attached hydrogens (tertiary/aromatic N) is 2. The molecule has 0 atom stereocenters. The monoisotopic (exact) mass is 503 g/mol. The molecular weight excluding hydrogens is 473 g/mol. The zero-order valence-electron chi connectivity index (χ0n) is 20.9. The molecule has 2 amide bonds. The molecule has 1 aliphatic rings. The average Bonchev–Trinajstić information content (AvgIpc) is 2.89. The van der Waals surface area contributed by atoms with Gasteiger partial charge in [0.1, 0.15) is 5.82 Å². The van der Waals surface area contributed by atoms with Crippen LogP contribution < -0.4 is 10.2 Å². The fourth-order valence-electron chi connectivity index (χ4n) is 4.23. The largest absolute Gasteiger partial charge is 0.481 e. The molecule has 0 unspecified atom stereocenters. The zero-order chi connectivity index (χ0) is 26.6. The number of ketones is 1. The Morgan fingerprint density at radius 2 is 1.43 bits per heavy atom. The first-order valence-electron chi connectivity index (χ1n) is 12.2. The molecule has 192 valence electrons. The summed E-state index contributed by atoms with van der Waals surface area (Å²) in [4.78, 5) is 40.1. The molecule has 0 aromatic heterocycles. The minimum absolute atomic E-state index is 0.0751. The van der Waals surface area contributed by atoms with Gasteiger partial charge in [-0.05, 0) is 49.2 Å². The number of anilines is 2. The molecule has 7 nitrogen and oxygen atoms in total. The van der Waals surface area contributed by atoms with Crippen molar-refractivity contribution in [3.8, 4) is 11.1 Å². The third-order valence-corrected chi connectivity index (χ3v) is 6.62. The normalized spacial score (nSPS) is 13.8. The van der Waals surface area contributed by atoms with E-state index in [-0.39, 0.29) is 24.1 Å². The van der Waals surface area contributed by atoms with E-state index >= 15 is 0 Å². The van der Waals surface area contributed by atoms with Gasteiger partial charge in [-0.25, -0.2) is 9.18 Å². The highest BCUT2D eigenvalue weighted by Gasteiger charge is 2.30. The second-order valence-electron chi connectivity index (χ2n) is 9.80. The van der Waals surface area contributed by atoms with Crippen LogP contribution in [0.3, 0.4) is 0 Å². The lowest BCUT2D eigenvalue weighted by Gasteiger charge is -2.36. The highest BCUT2D eigenvalue weighted by molar-refractivity contribution is 5.99. The predicted octanol–water partition coefficient (Wildman–Crippen LogP) is 5.53. The van der Waals surface area contributed by atoms with Crippen LogP contribution in [0.4, 0.5) is 20.6 Å². The Kier molecular flexibility index (Phi) is 7.57. The predicted molar refractivity (Wildman–Crippen MR) is 141 cm³/mol. The minimum Gasteiger partial charge on any atom is -0.481 e. The molecule has 1 heterocycles. The number of nitrogens with one attached hydrogen (secondary N) is 1. The van der Waals surface area contributed by atoms with Crippen molar-refractivity contribution in [2.45, 2.75) is 20.3 Å². The maximum Gasteiger partial charge on any atom is 0.321 e. The van der Waals surface area contributed by atoms with Crippen molar-refractivity contribution >= 4 is 29.2 Å². The molecule has 0 spiro atoms. The number of halogens is 1. The van der Waals surface area contributed by atoms with E-state index in [1.165, 1.54) is 19.9 Å². The number of rotatable bonds is 7.